The third-order valence-corrected chi connectivity index (χ3v) is 4.65. The van der Waals surface area contributed by atoms with Gasteiger partial charge < -0.3 is 0 Å². The van der Waals surface area contributed by atoms with Crippen LogP contribution < -0.4 is 5.14 Å². The molecule has 2 aromatic heterocycles. The van der Waals surface area contributed by atoms with Gasteiger partial charge in [0.2, 0.25) is 0 Å². The van der Waals surface area contributed by atoms with E-state index in [4.69, 9.17) is 5.14 Å². The number of imidazole rings is 1. The SMILES string of the molecule is CC1(C)CC1c1ccc(SN)cc1.c1cnn2ccnc2c1. The molecule has 2 heterocycles. The lowest BCUT2D eigenvalue weighted by atomic mass is 10.0. The molecule has 3 aromatic rings. The summed E-state index contributed by atoms with van der Waals surface area (Å²) in [5.41, 5.74) is 2.87. The molecule has 0 saturated heterocycles. The van der Waals surface area contributed by atoms with Crippen molar-refractivity contribution in [1.82, 2.24) is 14.6 Å². The fraction of sp³-hybridized carbons (Fsp3) is 0.294. The summed E-state index contributed by atoms with van der Waals surface area (Å²) < 4.78 is 1.72. The van der Waals surface area contributed by atoms with E-state index < -0.39 is 0 Å². The van der Waals surface area contributed by atoms with Crippen LogP contribution in [-0.2, 0) is 0 Å². The minimum Gasteiger partial charge on any atom is -0.274 e. The Morgan fingerprint density at radius 3 is 2.50 bits per heavy atom. The fourth-order valence-corrected chi connectivity index (χ4v) is 2.87. The van der Waals surface area contributed by atoms with Crippen molar-refractivity contribution in [1.29, 1.82) is 0 Å². The van der Waals surface area contributed by atoms with E-state index in [1.807, 2.05) is 18.3 Å². The summed E-state index contributed by atoms with van der Waals surface area (Å²) in [7, 11) is 0. The van der Waals surface area contributed by atoms with E-state index in [1.54, 1.807) is 16.9 Å². The second-order valence-electron chi connectivity index (χ2n) is 6.19. The van der Waals surface area contributed by atoms with Gasteiger partial charge in [-0.15, -0.1) is 0 Å². The second-order valence-corrected chi connectivity index (χ2v) is 6.89. The van der Waals surface area contributed by atoms with E-state index in [1.165, 1.54) is 23.9 Å². The van der Waals surface area contributed by atoms with Crippen LogP contribution in [0.15, 0.2) is 59.9 Å². The van der Waals surface area contributed by atoms with Crippen molar-refractivity contribution in [2.75, 3.05) is 0 Å². The first-order valence-corrected chi connectivity index (χ1v) is 8.19. The summed E-state index contributed by atoms with van der Waals surface area (Å²) in [6.07, 6.45) is 6.59. The Morgan fingerprint density at radius 2 is 1.91 bits per heavy atom. The maximum Gasteiger partial charge on any atom is 0.153 e. The molecule has 1 aromatic carbocycles. The fourth-order valence-electron chi connectivity index (χ4n) is 2.58. The Morgan fingerprint density at radius 1 is 1.18 bits per heavy atom. The van der Waals surface area contributed by atoms with E-state index in [0.717, 1.165) is 16.5 Å². The van der Waals surface area contributed by atoms with Crippen LogP contribution in [-0.4, -0.2) is 14.6 Å². The number of nitrogens with zero attached hydrogens (tertiary/aromatic N) is 3. The van der Waals surface area contributed by atoms with Gasteiger partial charge in [0.1, 0.15) is 0 Å². The number of hydrogen-bond donors (Lipinski definition) is 1. The van der Waals surface area contributed by atoms with Crippen molar-refractivity contribution in [3.8, 4) is 0 Å². The third kappa shape index (κ3) is 3.31. The minimum absolute atomic E-state index is 0.525. The predicted molar refractivity (Wildman–Crippen MR) is 90.6 cm³/mol. The Kier molecular flexibility index (Phi) is 4.18. The van der Waals surface area contributed by atoms with Gasteiger partial charge in [-0.1, -0.05) is 26.0 Å². The van der Waals surface area contributed by atoms with Crippen LogP contribution in [0.3, 0.4) is 0 Å². The minimum atomic E-state index is 0.525. The van der Waals surface area contributed by atoms with Crippen LogP contribution >= 0.6 is 11.9 Å². The molecular formula is C17H20N4S. The first kappa shape index (κ1) is 15.1. The monoisotopic (exact) mass is 312 g/mol. The lowest BCUT2D eigenvalue weighted by Crippen LogP contribution is -1.89. The number of aromatic nitrogens is 3. The van der Waals surface area contributed by atoms with Crippen LogP contribution in [0.25, 0.3) is 5.65 Å². The topological polar surface area (TPSA) is 56.2 Å². The van der Waals surface area contributed by atoms with Crippen molar-refractivity contribution < 1.29 is 0 Å². The summed E-state index contributed by atoms with van der Waals surface area (Å²) in [6.45, 7) is 4.65. The summed E-state index contributed by atoms with van der Waals surface area (Å²) in [5.74, 6) is 0.768. The molecule has 1 aliphatic rings. The van der Waals surface area contributed by atoms with Gasteiger partial charge in [-0.2, -0.15) is 5.10 Å². The molecule has 1 unspecified atom stereocenters. The molecule has 1 saturated carbocycles. The number of benzene rings is 1. The van der Waals surface area contributed by atoms with E-state index in [2.05, 4.69) is 48.2 Å². The standard InChI is InChI=1S/C11H15NS.C6H5N3/c1-11(2)7-10(11)8-3-5-9(13-12)6-4-8;1-2-6-7-4-5-9(6)8-3-1/h3-6,10H,7,12H2,1-2H3;1-5H. The first-order chi connectivity index (χ1) is 10.6. The molecule has 4 rings (SSSR count). The van der Waals surface area contributed by atoms with Crippen molar-refractivity contribution in [2.45, 2.75) is 31.1 Å². The second kappa shape index (κ2) is 6.10. The molecule has 1 fully saturated rings. The normalized spacial score (nSPS) is 18.6. The zero-order valence-electron chi connectivity index (χ0n) is 12.8. The lowest BCUT2D eigenvalue weighted by molar-refractivity contribution is 0.621. The zero-order valence-corrected chi connectivity index (χ0v) is 13.6. The molecule has 4 nitrogen and oxygen atoms in total. The van der Waals surface area contributed by atoms with Gasteiger partial charge in [-0.25, -0.2) is 9.50 Å². The zero-order chi connectivity index (χ0) is 15.6. The van der Waals surface area contributed by atoms with Gasteiger partial charge in [0.15, 0.2) is 5.65 Å². The highest BCUT2D eigenvalue weighted by molar-refractivity contribution is 7.97. The van der Waals surface area contributed by atoms with Crippen molar-refractivity contribution in [2.24, 2.45) is 10.6 Å². The number of rotatable bonds is 2. The highest BCUT2D eigenvalue weighted by Crippen LogP contribution is 2.58. The van der Waals surface area contributed by atoms with E-state index in [-0.39, 0.29) is 0 Å². The van der Waals surface area contributed by atoms with Crippen LogP contribution in [0.1, 0.15) is 31.7 Å². The third-order valence-electron chi connectivity index (χ3n) is 4.10. The average Bonchev–Trinajstić information content (AvgIpc) is 2.98. The summed E-state index contributed by atoms with van der Waals surface area (Å²) in [4.78, 5) is 5.16. The Labute approximate surface area is 134 Å². The van der Waals surface area contributed by atoms with Crippen molar-refractivity contribution in [3.05, 3.63) is 60.6 Å². The maximum atomic E-state index is 5.46. The highest BCUT2D eigenvalue weighted by Gasteiger charge is 2.46. The Balaban J connectivity index is 0.000000139. The largest absolute Gasteiger partial charge is 0.274 e. The molecule has 0 amide bonds. The first-order valence-electron chi connectivity index (χ1n) is 7.31. The van der Waals surface area contributed by atoms with Crippen LogP contribution in [0.5, 0.6) is 0 Å². The maximum absolute atomic E-state index is 5.46. The summed E-state index contributed by atoms with van der Waals surface area (Å²) >= 11 is 1.31. The smallest absolute Gasteiger partial charge is 0.153 e. The predicted octanol–water partition coefficient (Wildman–Crippen LogP) is 3.90. The van der Waals surface area contributed by atoms with E-state index in [0.29, 0.717) is 5.41 Å². The summed E-state index contributed by atoms with van der Waals surface area (Å²) in [5, 5.41) is 9.46. The van der Waals surface area contributed by atoms with E-state index >= 15 is 0 Å². The molecule has 1 aliphatic carbocycles. The van der Waals surface area contributed by atoms with Crippen LogP contribution in [0, 0.1) is 5.41 Å². The quantitative estimate of drug-likeness (QED) is 0.729. The van der Waals surface area contributed by atoms with Crippen molar-refractivity contribution >= 4 is 17.6 Å². The Bertz CT molecular complexity index is 718. The highest BCUT2D eigenvalue weighted by atomic mass is 32.2. The molecule has 5 heteroatoms. The van der Waals surface area contributed by atoms with Gasteiger partial charge in [-0.3, -0.25) is 5.14 Å². The molecule has 2 N–H and O–H groups in total. The molecule has 0 bridgehead atoms. The Hall–Kier alpha value is -1.85. The molecule has 0 radical (unpaired) electrons. The van der Waals surface area contributed by atoms with Gasteiger partial charge in [0, 0.05) is 23.5 Å². The van der Waals surface area contributed by atoms with Crippen LogP contribution in [0.4, 0.5) is 0 Å². The molecule has 22 heavy (non-hydrogen) atoms. The van der Waals surface area contributed by atoms with Crippen molar-refractivity contribution in [3.63, 3.8) is 0 Å². The molecule has 114 valence electrons. The number of fused-ring (bicyclic) bond motifs is 1. The van der Waals surface area contributed by atoms with Gasteiger partial charge in [0.05, 0.1) is 0 Å². The molecule has 1 atom stereocenters. The summed E-state index contributed by atoms with van der Waals surface area (Å²) in [6, 6.07) is 12.4. The molecule has 0 aliphatic heterocycles. The number of nitrogens with two attached hydrogens (primary N) is 1. The molecule has 0 spiro atoms. The number of hydrogen-bond acceptors (Lipinski definition) is 4. The van der Waals surface area contributed by atoms with Crippen LogP contribution in [0.2, 0.25) is 0 Å². The van der Waals surface area contributed by atoms with Gasteiger partial charge >= 0.3 is 0 Å². The van der Waals surface area contributed by atoms with E-state index in [9.17, 15) is 0 Å². The lowest BCUT2D eigenvalue weighted by Gasteiger charge is -2.03. The molecular weight excluding hydrogens is 292 g/mol. The average molecular weight is 312 g/mol. The van der Waals surface area contributed by atoms with Gasteiger partial charge in [-0.05, 0) is 59.5 Å². The van der Waals surface area contributed by atoms with Gasteiger partial charge in [0.25, 0.3) is 0 Å².